The molecule has 0 aliphatic carbocycles. The smallest absolute Gasteiger partial charge is 0.251 e. The highest BCUT2D eigenvalue weighted by Crippen LogP contribution is 2.10. The van der Waals surface area contributed by atoms with Gasteiger partial charge in [0.25, 0.3) is 5.91 Å². The molecule has 0 saturated carbocycles. The van der Waals surface area contributed by atoms with Crippen LogP contribution in [0.1, 0.15) is 42.6 Å². The lowest BCUT2D eigenvalue weighted by Crippen LogP contribution is -2.35. The van der Waals surface area contributed by atoms with E-state index in [9.17, 15) is 4.79 Å². The molecule has 116 valence electrons. The van der Waals surface area contributed by atoms with Gasteiger partial charge in [0.2, 0.25) is 0 Å². The molecule has 2 rings (SSSR count). The number of benzene rings is 1. The number of hydrogen-bond acceptors (Lipinski definition) is 3. The van der Waals surface area contributed by atoms with Gasteiger partial charge in [-0.05, 0) is 31.0 Å². The van der Waals surface area contributed by atoms with Gasteiger partial charge in [-0.25, -0.2) is 0 Å². The molecule has 0 radical (unpaired) electrons. The fourth-order valence-electron chi connectivity index (χ4n) is 2.59. The third-order valence-corrected chi connectivity index (χ3v) is 3.83. The van der Waals surface area contributed by atoms with Crippen molar-refractivity contribution in [2.75, 3.05) is 26.3 Å². The molecule has 1 aliphatic rings. The average Bonchev–Trinajstić information content (AvgIpc) is 2.49. The molecule has 1 fully saturated rings. The highest BCUT2D eigenvalue weighted by Gasteiger charge is 2.12. The van der Waals surface area contributed by atoms with Crippen LogP contribution in [-0.4, -0.2) is 43.2 Å². The van der Waals surface area contributed by atoms with Crippen LogP contribution < -0.4 is 5.32 Å². The first-order valence-corrected chi connectivity index (χ1v) is 7.89. The zero-order valence-corrected chi connectivity index (χ0v) is 13.1. The summed E-state index contributed by atoms with van der Waals surface area (Å²) >= 11 is 0. The zero-order valence-electron chi connectivity index (χ0n) is 13.1. The van der Waals surface area contributed by atoms with Crippen molar-refractivity contribution in [2.24, 2.45) is 0 Å². The quantitative estimate of drug-likeness (QED) is 0.875. The number of rotatable bonds is 6. The second-order valence-electron chi connectivity index (χ2n) is 5.75. The molecule has 0 aromatic heterocycles. The van der Waals surface area contributed by atoms with Crippen LogP contribution in [0.15, 0.2) is 24.3 Å². The van der Waals surface area contributed by atoms with Crippen LogP contribution in [0, 0.1) is 0 Å². The lowest BCUT2D eigenvalue weighted by Gasteiger charge is -2.26. The Morgan fingerprint density at radius 2 is 1.95 bits per heavy atom. The standard InChI is InChI=1S/C17H26N2O2/c1-3-4-14(2)18-17(20)16-7-5-15(6-8-16)13-19-9-11-21-12-10-19/h5-8,14H,3-4,9-13H2,1-2H3,(H,18,20). The van der Waals surface area contributed by atoms with Crippen LogP contribution in [0.3, 0.4) is 0 Å². The summed E-state index contributed by atoms with van der Waals surface area (Å²) in [7, 11) is 0. The van der Waals surface area contributed by atoms with Crippen molar-refractivity contribution < 1.29 is 9.53 Å². The fourth-order valence-corrected chi connectivity index (χ4v) is 2.59. The van der Waals surface area contributed by atoms with Crippen LogP contribution in [0.4, 0.5) is 0 Å². The van der Waals surface area contributed by atoms with Gasteiger partial charge in [-0.3, -0.25) is 9.69 Å². The van der Waals surface area contributed by atoms with Crippen molar-refractivity contribution in [3.63, 3.8) is 0 Å². The van der Waals surface area contributed by atoms with E-state index < -0.39 is 0 Å². The molecule has 1 amide bonds. The lowest BCUT2D eigenvalue weighted by molar-refractivity contribution is 0.0342. The van der Waals surface area contributed by atoms with E-state index in [1.807, 2.05) is 19.1 Å². The van der Waals surface area contributed by atoms with Gasteiger partial charge in [0.05, 0.1) is 13.2 Å². The second-order valence-corrected chi connectivity index (χ2v) is 5.75. The van der Waals surface area contributed by atoms with Crippen LogP contribution in [0.2, 0.25) is 0 Å². The van der Waals surface area contributed by atoms with Gasteiger partial charge in [-0.2, -0.15) is 0 Å². The molecule has 4 nitrogen and oxygen atoms in total. The molecule has 1 saturated heterocycles. The second kappa shape index (κ2) is 8.15. The Hall–Kier alpha value is -1.39. The summed E-state index contributed by atoms with van der Waals surface area (Å²) in [4.78, 5) is 14.5. The Kier molecular flexibility index (Phi) is 6.21. The number of amides is 1. The summed E-state index contributed by atoms with van der Waals surface area (Å²) in [6.45, 7) is 8.70. The third kappa shape index (κ3) is 5.14. The SMILES string of the molecule is CCCC(C)NC(=O)c1ccc(CN2CCOCC2)cc1. The maximum absolute atomic E-state index is 12.1. The first-order valence-electron chi connectivity index (χ1n) is 7.89. The molecule has 0 bridgehead atoms. The summed E-state index contributed by atoms with van der Waals surface area (Å²) in [5.74, 6) is 0.0221. The van der Waals surface area contributed by atoms with E-state index in [1.54, 1.807) is 0 Å². The molecule has 4 heteroatoms. The average molecular weight is 290 g/mol. The van der Waals surface area contributed by atoms with Crippen molar-refractivity contribution in [1.29, 1.82) is 0 Å². The topological polar surface area (TPSA) is 41.6 Å². The molecular weight excluding hydrogens is 264 g/mol. The van der Waals surface area contributed by atoms with Gasteiger partial charge < -0.3 is 10.1 Å². The monoisotopic (exact) mass is 290 g/mol. The van der Waals surface area contributed by atoms with Crippen LogP contribution >= 0.6 is 0 Å². The van der Waals surface area contributed by atoms with Gasteiger partial charge in [0.1, 0.15) is 0 Å². The van der Waals surface area contributed by atoms with Gasteiger partial charge in [-0.1, -0.05) is 25.5 Å². The Balaban J connectivity index is 1.87. The number of ether oxygens (including phenoxy) is 1. The molecule has 21 heavy (non-hydrogen) atoms. The lowest BCUT2D eigenvalue weighted by atomic mass is 10.1. The maximum atomic E-state index is 12.1. The van der Waals surface area contributed by atoms with Gasteiger partial charge in [0.15, 0.2) is 0 Å². The normalized spacial score (nSPS) is 17.4. The number of carbonyl (C=O) groups is 1. The summed E-state index contributed by atoms with van der Waals surface area (Å²) < 4.78 is 5.35. The largest absolute Gasteiger partial charge is 0.379 e. The number of morpholine rings is 1. The Morgan fingerprint density at radius 1 is 1.29 bits per heavy atom. The number of carbonyl (C=O) groups excluding carboxylic acids is 1. The molecule has 1 aliphatic heterocycles. The predicted molar refractivity (Wildman–Crippen MR) is 84.4 cm³/mol. The molecular formula is C17H26N2O2. The van der Waals surface area contributed by atoms with E-state index in [2.05, 4.69) is 29.3 Å². The highest BCUT2D eigenvalue weighted by atomic mass is 16.5. The number of nitrogens with zero attached hydrogens (tertiary/aromatic N) is 1. The molecule has 1 unspecified atom stereocenters. The molecule has 1 heterocycles. The van der Waals surface area contributed by atoms with Crippen LogP contribution in [0.5, 0.6) is 0 Å². The van der Waals surface area contributed by atoms with Gasteiger partial charge in [-0.15, -0.1) is 0 Å². The first kappa shape index (κ1) is 16.0. The van der Waals surface area contributed by atoms with Crippen molar-refractivity contribution in [3.8, 4) is 0 Å². The zero-order chi connectivity index (χ0) is 15.1. The molecule has 1 N–H and O–H groups in total. The molecule has 1 atom stereocenters. The molecule has 1 aromatic carbocycles. The third-order valence-electron chi connectivity index (χ3n) is 3.83. The highest BCUT2D eigenvalue weighted by molar-refractivity contribution is 5.94. The van der Waals surface area contributed by atoms with Crippen molar-refractivity contribution in [2.45, 2.75) is 39.3 Å². The minimum absolute atomic E-state index is 0.0221. The van der Waals surface area contributed by atoms with E-state index in [4.69, 9.17) is 4.74 Å². The Labute approximate surface area is 127 Å². The predicted octanol–water partition coefficient (Wildman–Crippen LogP) is 2.44. The van der Waals surface area contributed by atoms with Gasteiger partial charge in [0, 0.05) is 31.2 Å². The van der Waals surface area contributed by atoms with E-state index >= 15 is 0 Å². The maximum Gasteiger partial charge on any atom is 0.251 e. The van der Waals surface area contributed by atoms with Crippen LogP contribution in [0.25, 0.3) is 0 Å². The number of hydrogen-bond donors (Lipinski definition) is 1. The molecule has 1 aromatic rings. The van der Waals surface area contributed by atoms with Gasteiger partial charge >= 0.3 is 0 Å². The summed E-state index contributed by atoms with van der Waals surface area (Å²) in [5.41, 5.74) is 1.98. The molecule has 0 spiro atoms. The first-order chi connectivity index (χ1) is 10.2. The number of nitrogens with one attached hydrogen (secondary N) is 1. The Bertz CT molecular complexity index is 439. The van der Waals surface area contributed by atoms with E-state index in [-0.39, 0.29) is 11.9 Å². The fraction of sp³-hybridized carbons (Fsp3) is 0.588. The minimum Gasteiger partial charge on any atom is -0.379 e. The van der Waals surface area contributed by atoms with E-state index in [1.165, 1.54) is 5.56 Å². The van der Waals surface area contributed by atoms with E-state index in [0.717, 1.165) is 51.3 Å². The van der Waals surface area contributed by atoms with E-state index in [0.29, 0.717) is 0 Å². The van der Waals surface area contributed by atoms with Crippen molar-refractivity contribution in [3.05, 3.63) is 35.4 Å². The summed E-state index contributed by atoms with van der Waals surface area (Å²) in [6, 6.07) is 8.17. The summed E-state index contributed by atoms with van der Waals surface area (Å²) in [5, 5.41) is 3.03. The Morgan fingerprint density at radius 3 is 2.57 bits per heavy atom. The van der Waals surface area contributed by atoms with Crippen LogP contribution in [-0.2, 0) is 11.3 Å². The van der Waals surface area contributed by atoms with Crippen molar-refractivity contribution >= 4 is 5.91 Å². The summed E-state index contributed by atoms with van der Waals surface area (Å²) in [6.07, 6.45) is 2.10. The minimum atomic E-state index is 0.0221. The van der Waals surface area contributed by atoms with Crippen molar-refractivity contribution in [1.82, 2.24) is 10.2 Å².